The fourth-order valence-corrected chi connectivity index (χ4v) is 2.44. The normalized spacial score (nSPS) is 28.3. The number of aromatic nitrogens is 4. The van der Waals surface area contributed by atoms with Gasteiger partial charge in [-0.05, 0) is 0 Å². The van der Waals surface area contributed by atoms with Crippen LogP contribution in [0, 0.1) is 0 Å². The predicted octanol–water partition coefficient (Wildman–Crippen LogP) is -2.62. The van der Waals surface area contributed by atoms with Crippen molar-refractivity contribution in [3.63, 3.8) is 0 Å². The Hall–Kier alpha value is -1.85. The number of hydrogen-bond acceptors (Lipinski definition) is 9. The van der Waals surface area contributed by atoms with Crippen molar-refractivity contribution in [2.75, 3.05) is 18.9 Å². The Kier molecular flexibility index (Phi) is 3.26. The van der Waals surface area contributed by atoms with Crippen molar-refractivity contribution in [1.82, 2.24) is 19.5 Å². The molecule has 0 aromatic carbocycles. The minimum absolute atomic E-state index is 0.169. The summed E-state index contributed by atoms with van der Waals surface area (Å²) in [6.07, 6.45) is -1.34. The van der Waals surface area contributed by atoms with Crippen molar-refractivity contribution < 1.29 is 25.2 Å². The molecule has 0 saturated carbocycles. The minimum atomic E-state index is -1.65. The molecule has 114 valence electrons. The number of anilines is 1. The maximum atomic E-state index is 10.1. The molecule has 10 nitrogen and oxygen atoms in total. The highest BCUT2D eigenvalue weighted by Gasteiger charge is 2.54. The summed E-state index contributed by atoms with van der Waals surface area (Å²) in [5, 5.41) is 38.9. The van der Waals surface area contributed by atoms with Crippen LogP contribution in [0.15, 0.2) is 12.7 Å². The van der Waals surface area contributed by atoms with Crippen LogP contribution >= 0.6 is 0 Å². The molecule has 10 heteroatoms. The second kappa shape index (κ2) is 4.86. The van der Waals surface area contributed by atoms with Gasteiger partial charge in [-0.15, -0.1) is 0 Å². The molecule has 0 bridgehead atoms. The van der Waals surface area contributed by atoms with Crippen LogP contribution in [-0.4, -0.2) is 71.0 Å². The van der Waals surface area contributed by atoms with Gasteiger partial charge in [0.1, 0.15) is 29.7 Å². The number of nitrogens with two attached hydrogens (primary N) is 1. The molecule has 0 unspecified atom stereocenters. The number of rotatable bonds is 3. The molecule has 0 radical (unpaired) electrons. The third-order valence-corrected chi connectivity index (χ3v) is 3.71. The van der Waals surface area contributed by atoms with Gasteiger partial charge in [0, 0.05) is 0 Å². The third-order valence-electron chi connectivity index (χ3n) is 3.71. The molecule has 21 heavy (non-hydrogen) atoms. The van der Waals surface area contributed by atoms with Crippen LogP contribution < -0.4 is 5.73 Å². The van der Waals surface area contributed by atoms with E-state index in [1.165, 1.54) is 17.2 Å². The zero-order chi connectivity index (χ0) is 15.2. The number of nitrogens with zero attached hydrogens (tertiary/aromatic N) is 4. The van der Waals surface area contributed by atoms with Crippen molar-refractivity contribution in [3.8, 4) is 0 Å². The first kappa shape index (κ1) is 14.1. The molecule has 1 aliphatic heterocycles. The molecule has 3 atom stereocenters. The monoisotopic (exact) mass is 297 g/mol. The average Bonchev–Trinajstić information content (AvgIpc) is 3.02. The zero-order valence-corrected chi connectivity index (χ0v) is 10.9. The summed E-state index contributed by atoms with van der Waals surface area (Å²) in [4.78, 5) is 11.9. The lowest BCUT2D eigenvalue weighted by molar-refractivity contribution is -0.149. The Morgan fingerprint density at radius 3 is 2.57 bits per heavy atom. The smallest absolute Gasteiger partial charge is 0.167 e. The summed E-state index contributed by atoms with van der Waals surface area (Å²) in [5.41, 5.74) is 4.66. The lowest BCUT2D eigenvalue weighted by Gasteiger charge is -2.27. The molecule has 0 amide bonds. The molecule has 2 aromatic rings. The van der Waals surface area contributed by atoms with Crippen molar-refractivity contribution in [2.24, 2.45) is 0 Å². The number of ether oxygens (including phenoxy) is 1. The molecular formula is C11H15N5O5. The maximum absolute atomic E-state index is 10.1. The summed E-state index contributed by atoms with van der Waals surface area (Å²) in [5.74, 6) is 0.169. The number of hydrogen-bond donors (Lipinski definition) is 5. The summed E-state index contributed by atoms with van der Waals surface area (Å²) in [6, 6.07) is 0. The van der Waals surface area contributed by atoms with Gasteiger partial charge in [-0.2, -0.15) is 0 Å². The topological polar surface area (TPSA) is 160 Å². The molecule has 1 fully saturated rings. The molecule has 3 heterocycles. The van der Waals surface area contributed by atoms with Crippen molar-refractivity contribution in [1.29, 1.82) is 0 Å². The van der Waals surface area contributed by atoms with Crippen molar-refractivity contribution >= 4 is 17.0 Å². The van der Waals surface area contributed by atoms with E-state index in [0.717, 1.165) is 0 Å². The number of aliphatic hydroxyl groups is 4. The Morgan fingerprint density at radius 2 is 1.95 bits per heavy atom. The number of imidazole rings is 1. The van der Waals surface area contributed by atoms with Crippen LogP contribution in [0.25, 0.3) is 11.2 Å². The van der Waals surface area contributed by atoms with E-state index in [4.69, 9.17) is 10.5 Å². The molecule has 0 spiro atoms. The van der Waals surface area contributed by atoms with E-state index in [2.05, 4.69) is 15.0 Å². The van der Waals surface area contributed by atoms with E-state index in [-0.39, 0.29) is 5.82 Å². The molecule has 1 saturated heterocycles. The van der Waals surface area contributed by atoms with E-state index < -0.39 is 37.3 Å². The summed E-state index contributed by atoms with van der Waals surface area (Å²) >= 11 is 0. The predicted molar refractivity (Wildman–Crippen MR) is 68.8 cm³/mol. The van der Waals surface area contributed by atoms with E-state index in [9.17, 15) is 20.4 Å². The highest BCUT2D eigenvalue weighted by molar-refractivity contribution is 5.81. The summed E-state index contributed by atoms with van der Waals surface area (Å²) < 4.78 is 6.86. The minimum Gasteiger partial charge on any atom is -0.393 e. The Morgan fingerprint density at radius 1 is 1.24 bits per heavy atom. The van der Waals surface area contributed by atoms with Gasteiger partial charge in [-0.25, -0.2) is 15.0 Å². The largest absolute Gasteiger partial charge is 0.393 e. The molecular weight excluding hydrogens is 282 g/mol. The fraction of sp³-hybridized carbons (Fsp3) is 0.545. The van der Waals surface area contributed by atoms with Crippen LogP contribution in [0.3, 0.4) is 0 Å². The van der Waals surface area contributed by atoms with E-state index in [1.54, 1.807) is 0 Å². The molecule has 2 aromatic heterocycles. The van der Waals surface area contributed by atoms with Gasteiger partial charge in [0.2, 0.25) is 0 Å². The van der Waals surface area contributed by atoms with Crippen LogP contribution in [0.1, 0.15) is 6.23 Å². The van der Waals surface area contributed by atoms with Crippen LogP contribution in [0.5, 0.6) is 0 Å². The second-order valence-electron chi connectivity index (χ2n) is 4.91. The fourth-order valence-electron chi connectivity index (χ4n) is 2.44. The van der Waals surface area contributed by atoms with Gasteiger partial charge in [-0.3, -0.25) is 4.57 Å². The second-order valence-corrected chi connectivity index (χ2v) is 4.91. The number of aliphatic hydroxyl groups excluding tert-OH is 4. The average molecular weight is 297 g/mol. The van der Waals surface area contributed by atoms with Gasteiger partial charge >= 0.3 is 0 Å². The van der Waals surface area contributed by atoms with Crippen molar-refractivity contribution in [2.45, 2.75) is 24.0 Å². The van der Waals surface area contributed by atoms with Gasteiger partial charge in [0.15, 0.2) is 17.7 Å². The summed E-state index contributed by atoms with van der Waals surface area (Å²) in [6.45, 7) is -1.30. The first-order valence-corrected chi connectivity index (χ1v) is 6.23. The van der Waals surface area contributed by atoms with E-state index in [1.807, 2.05) is 0 Å². The van der Waals surface area contributed by atoms with Gasteiger partial charge in [0.05, 0.1) is 19.5 Å². The molecule has 6 N–H and O–H groups in total. The standard InChI is InChI=1S/C11H15N5O5/c12-8-5-9(14-3-13-8)16(4-15-5)10-6(19)7(20)11(1-17,2-18)21-10/h3-4,6-7,10,17-20H,1-2H2,(H2,12,13,14)/t6-,7+,10+/m1/s1. The molecule has 3 rings (SSSR count). The van der Waals surface area contributed by atoms with E-state index in [0.29, 0.717) is 11.2 Å². The Bertz CT molecular complexity index is 657. The van der Waals surface area contributed by atoms with Crippen LogP contribution in [-0.2, 0) is 4.74 Å². The Labute approximate surface area is 118 Å². The van der Waals surface area contributed by atoms with Crippen LogP contribution in [0.2, 0.25) is 0 Å². The first-order valence-electron chi connectivity index (χ1n) is 6.23. The zero-order valence-electron chi connectivity index (χ0n) is 10.9. The quantitative estimate of drug-likeness (QED) is 0.408. The van der Waals surface area contributed by atoms with Crippen LogP contribution in [0.4, 0.5) is 5.82 Å². The SMILES string of the molecule is Nc1ncnc2c1ncn2[C@H]1OC(CO)(CO)[C@@H](O)[C@H]1O. The molecule has 0 aliphatic carbocycles. The summed E-state index contributed by atoms with van der Waals surface area (Å²) in [7, 11) is 0. The third kappa shape index (κ3) is 1.88. The lowest BCUT2D eigenvalue weighted by atomic mass is 9.97. The van der Waals surface area contributed by atoms with Gasteiger partial charge in [0.25, 0.3) is 0 Å². The highest BCUT2D eigenvalue weighted by atomic mass is 16.6. The molecule has 1 aliphatic rings. The van der Waals surface area contributed by atoms with Gasteiger partial charge in [-0.1, -0.05) is 0 Å². The Balaban J connectivity index is 2.06. The number of nitrogen functional groups attached to an aromatic ring is 1. The highest BCUT2D eigenvalue weighted by Crippen LogP contribution is 2.38. The maximum Gasteiger partial charge on any atom is 0.167 e. The van der Waals surface area contributed by atoms with Crippen molar-refractivity contribution in [3.05, 3.63) is 12.7 Å². The van der Waals surface area contributed by atoms with Gasteiger partial charge < -0.3 is 30.9 Å². The lowest BCUT2D eigenvalue weighted by Crippen LogP contribution is -2.49. The first-order chi connectivity index (χ1) is 10.0. The number of fused-ring (bicyclic) bond motifs is 1. The van der Waals surface area contributed by atoms with E-state index >= 15 is 0 Å².